The van der Waals surface area contributed by atoms with Gasteiger partial charge in [-0.05, 0) is 68.2 Å². The van der Waals surface area contributed by atoms with E-state index in [1.807, 2.05) is 18.7 Å². The van der Waals surface area contributed by atoms with Crippen LogP contribution in [0.25, 0.3) is 22.2 Å². The van der Waals surface area contributed by atoms with Crippen molar-refractivity contribution < 1.29 is 23.0 Å². The molecule has 4 aliphatic rings. The maximum absolute atomic E-state index is 17.1. The molecule has 3 saturated heterocycles. The van der Waals surface area contributed by atoms with Gasteiger partial charge < -0.3 is 30.3 Å². The number of nitrogen functional groups attached to an aromatic ring is 1. The summed E-state index contributed by atoms with van der Waals surface area (Å²) in [7, 11) is 1.47. The summed E-state index contributed by atoms with van der Waals surface area (Å²) >= 11 is 6.70. The predicted octanol–water partition coefficient (Wildman–Crippen LogP) is 6.67. The summed E-state index contributed by atoms with van der Waals surface area (Å²) in [6, 6.07) is 1.63. The van der Waals surface area contributed by atoms with Crippen molar-refractivity contribution in [2.45, 2.75) is 63.8 Å². The maximum Gasteiger partial charge on any atom is 0.319 e. The highest BCUT2D eigenvalue weighted by Gasteiger charge is 2.47. The van der Waals surface area contributed by atoms with Gasteiger partial charge in [-0.2, -0.15) is 9.97 Å². The molecule has 1 aliphatic carbocycles. The number of nitrogens with two attached hydrogens (primary N) is 1. The fourth-order valence-corrected chi connectivity index (χ4v) is 7.57. The lowest BCUT2D eigenvalue weighted by molar-refractivity contribution is 0.108. The van der Waals surface area contributed by atoms with Crippen LogP contribution in [0, 0.1) is 11.2 Å². The summed E-state index contributed by atoms with van der Waals surface area (Å²) in [6.07, 6.45) is 6.75. The summed E-state index contributed by atoms with van der Waals surface area (Å²) in [5.74, 6) is -0.0262. The normalized spacial score (nSPS) is 22.2. The second-order valence-corrected chi connectivity index (χ2v) is 12.7. The molecule has 47 heavy (non-hydrogen) atoms. The van der Waals surface area contributed by atoms with Gasteiger partial charge in [-0.3, -0.25) is 4.90 Å². The molecule has 0 amide bonds. The third-order valence-electron chi connectivity index (χ3n) is 9.50. The monoisotopic (exact) mass is 669 g/mol. The second-order valence-electron chi connectivity index (χ2n) is 12.3. The molecule has 252 valence electrons. The average Bonchev–Trinajstić information content (AvgIpc) is 3.82. The number of nitrogens with zero attached hydrogens (tertiary/aromatic N) is 5. The largest absolute Gasteiger partial charge is 0.480 e. The zero-order chi connectivity index (χ0) is 33.3. The van der Waals surface area contributed by atoms with Crippen molar-refractivity contribution in [3.63, 3.8) is 0 Å². The van der Waals surface area contributed by atoms with Crippen molar-refractivity contribution in [3.05, 3.63) is 39.9 Å². The number of rotatable bonds is 8. The highest BCUT2D eigenvalue weighted by Crippen LogP contribution is 2.51. The maximum atomic E-state index is 17.1. The number of fused-ring (bicyclic) bond motifs is 2. The summed E-state index contributed by atoms with van der Waals surface area (Å²) in [6.45, 7) is 7.89. The Morgan fingerprint density at radius 3 is 2.70 bits per heavy atom. The molecule has 4 fully saturated rings. The minimum Gasteiger partial charge on any atom is -0.480 e. The van der Waals surface area contributed by atoms with Crippen molar-refractivity contribution in [1.82, 2.24) is 19.9 Å². The fraction of sp³-hybridized carbons (Fsp3) is 0.529. The number of halogens is 3. The van der Waals surface area contributed by atoms with Crippen LogP contribution in [0.3, 0.4) is 0 Å². The lowest BCUT2D eigenvalue weighted by Crippen LogP contribution is -2.43. The van der Waals surface area contributed by atoms with Crippen LogP contribution >= 0.6 is 11.6 Å². The highest BCUT2D eigenvalue weighted by molar-refractivity contribution is 6.32. The van der Waals surface area contributed by atoms with Gasteiger partial charge in [0, 0.05) is 54.3 Å². The first-order valence-electron chi connectivity index (χ1n) is 16.4. The van der Waals surface area contributed by atoms with Gasteiger partial charge in [-0.1, -0.05) is 25.4 Å². The van der Waals surface area contributed by atoms with Crippen molar-refractivity contribution in [2.75, 3.05) is 63.7 Å². The first-order chi connectivity index (χ1) is 22.9. The van der Waals surface area contributed by atoms with Crippen molar-refractivity contribution in [3.8, 4) is 23.1 Å². The number of hydrogen-bond donors (Lipinski definition) is 2. The number of ether oxygens (including phenoxy) is 3. The number of aromatic nitrogens is 3. The van der Waals surface area contributed by atoms with Gasteiger partial charge in [-0.25, -0.2) is 13.8 Å². The number of hydrogen-bond acceptors (Lipinski definition) is 10. The van der Waals surface area contributed by atoms with Crippen molar-refractivity contribution in [2.24, 2.45) is 0 Å². The molecule has 3 N–H and O–H groups in total. The number of nitrogens with one attached hydrogen (secondary N) is 1. The van der Waals surface area contributed by atoms with Crippen LogP contribution in [0.5, 0.6) is 11.9 Å². The van der Waals surface area contributed by atoms with Gasteiger partial charge in [0.25, 0.3) is 0 Å². The van der Waals surface area contributed by atoms with E-state index in [0.717, 1.165) is 50.4 Å². The third-order valence-corrected chi connectivity index (χ3v) is 9.81. The Bertz CT molecular complexity index is 1690. The van der Waals surface area contributed by atoms with Crippen LogP contribution in [0.15, 0.2) is 18.0 Å². The molecule has 0 bridgehead atoms. The van der Waals surface area contributed by atoms with Crippen LogP contribution in [-0.2, 0) is 4.74 Å². The van der Waals surface area contributed by atoms with E-state index in [-0.39, 0.29) is 46.9 Å². The molecular weight excluding hydrogens is 628 g/mol. The molecule has 13 heteroatoms. The zero-order valence-electron chi connectivity index (χ0n) is 27.2. The van der Waals surface area contributed by atoms with Crippen LogP contribution in [0.4, 0.5) is 20.3 Å². The zero-order valence-corrected chi connectivity index (χ0v) is 27.9. The summed E-state index contributed by atoms with van der Waals surface area (Å²) in [4.78, 5) is 18.4. The van der Waals surface area contributed by atoms with Crippen LogP contribution in [0.1, 0.15) is 69.4 Å². The van der Waals surface area contributed by atoms with Crippen LogP contribution in [0.2, 0.25) is 5.02 Å². The molecule has 5 heterocycles. The molecule has 1 unspecified atom stereocenters. The summed E-state index contributed by atoms with van der Waals surface area (Å²) < 4.78 is 48.4. The Hall–Kier alpha value is -3.61. The van der Waals surface area contributed by atoms with E-state index in [4.69, 9.17) is 41.9 Å². The van der Waals surface area contributed by atoms with Crippen molar-refractivity contribution in [1.29, 1.82) is 5.41 Å². The molecule has 7 rings (SSSR count). The number of anilines is 2. The number of benzene rings is 1. The van der Waals surface area contributed by atoms with E-state index in [9.17, 15) is 4.39 Å². The summed E-state index contributed by atoms with van der Waals surface area (Å²) in [5, 5.41) is 8.88. The van der Waals surface area contributed by atoms with E-state index in [2.05, 4.69) is 14.9 Å². The lowest BCUT2D eigenvalue weighted by Gasteiger charge is -2.31. The standard InChI is InChI=1S/C32H36ClF2N7O3.C2H6/c1-43-30-25-28(26(35)27(38-30)24-20(15-36)22(37)12-21(33)23(24)19-4-5-19)39-31(40-29(25)41-7-3-10-44-11-9-41)45-17-32-6-2-8-42(32)16-18(13-32)14-34;1-2/h12,14-15,19,36H,2-11,13,16-17,37H2,1H3;1-2H3/b18-14+,36-15?;. The van der Waals surface area contributed by atoms with E-state index in [0.29, 0.717) is 78.5 Å². The molecule has 0 spiro atoms. The Kier molecular flexibility index (Phi) is 9.82. The van der Waals surface area contributed by atoms with Gasteiger partial charge >= 0.3 is 6.01 Å². The Balaban J connectivity index is 0.00000190. The molecule has 1 atom stereocenters. The molecule has 3 aliphatic heterocycles. The van der Waals surface area contributed by atoms with Crippen LogP contribution < -0.4 is 20.1 Å². The van der Waals surface area contributed by atoms with E-state index in [1.165, 1.54) is 7.11 Å². The first kappa shape index (κ1) is 33.3. The second kappa shape index (κ2) is 13.9. The fourth-order valence-electron chi connectivity index (χ4n) is 7.20. The molecule has 0 radical (unpaired) electrons. The van der Waals surface area contributed by atoms with Gasteiger partial charge in [0.2, 0.25) is 5.88 Å². The molecule has 3 aromatic rings. The van der Waals surface area contributed by atoms with E-state index >= 15 is 4.39 Å². The van der Waals surface area contributed by atoms with E-state index in [1.54, 1.807) is 6.07 Å². The Labute approximate surface area is 278 Å². The topological polar surface area (TPSA) is 123 Å². The average molecular weight is 670 g/mol. The Morgan fingerprint density at radius 2 is 1.98 bits per heavy atom. The van der Waals surface area contributed by atoms with Gasteiger partial charge in [0.1, 0.15) is 29.0 Å². The quantitative estimate of drug-likeness (QED) is 0.200. The highest BCUT2D eigenvalue weighted by atomic mass is 35.5. The van der Waals surface area contributed by atoms with E-state index < -0.39 is 5.82 Å². The SMILES string of the molecule is CC.COc1nc(-c2c(C=N)c(N)cc(Cl)c2C2CC2)c(F)c2nc(OCC34CCCN3C/C(=C/F)C4)nc(N3CCCOCC3)c12. The number of pyridine rings is 1. The predicted molar refractivity (Wildman–Crippen MR) is 180 cm³/mol. The minimum absolute atomic E-state index is 0.0139. The van der Waals surface area contributed by atoms with Gasteiger partial charge in [-0.15, -0.1) is 0 Å². The molecular formula is C34H42ClF2N7O3. The molecule has 1 aromatic carbocycles. The summed E-state index contributed by atoms with van der Waals surface area (Å²) in [5.41, 5.74) is 8.30. The molecule has 10 nitrogen and oxygen atoms in total. The number of methoxy groups -OCH3 is 1. The lowest BCUT2D eigenvalue weighted by atomic mass is 9.93. The van der Waals surface area contributed by atoms with Gasteiger partial charge in [0.15, 0.2) is 5.82 Å². The van der Waals surface area contributed by atoms with Crippen molar-refractivity contribution >= 4 is 40.2 Å². The first-order valence-corrected chi connectivity index (χ1v) is 16.8. The third kappa shape index (κ3) is 6.11. The minimum atomic E-state index is -0.707. The van der Waals surface area contributed by atoms with Crippen LogP contribution in [-0.4, -0.2) is 84.7 Å². The molecule has 1 saturated carbocycles. The smallest absolute Gasteiger partial charge is 0.319 e. The molecule has 2 aromatic heterocycles. The Morgan fingerprint density at radius 1 is 1.17 bits per heavy atom. The van der Waals surface area contributed by atoms with Gasteiger partial charge in [0.05, 0.1) is 25.6 Å².